The standard InChI is InChI=1S/C14H21NO/c1-10(2)7-11-3-5-12(6-4-11)14-8-13(16)9-15-14/h3-6,10,13-16H,7-9H2,1-2H3. The third kappa shape index (κ3) is 2.83. The van der Waals surface area contributed by atoms with Gasteiger partial charge in [0.15, 0.2) is 0 Å². The van der Waals surface area contributed by atoms with E-state index < -0.39 is 0 Å². The summed E-state index contributed by atoms with van der Waals surface area (Å²) in [7, 11) is 0. The van der Waals surface area contributed by atoms with Crippen LogP contribution in [0.5, 0.6) is 0 Å². The number of rotatable bonds is 3. The summed E-state index contributed by atoms with van der Waals surface area (Å²) in [5.41, 5.74) is 2.70. The van der Waals surface area contributed by atoms with Gasteiger partial charge in [-0.3, -0.25) is 0 Å². The summed E-state index contributed by atoms with van der Waals surface area (Å²) in [6.07, 6.45) is 1.80. The zero-order valence-electron chi connectivity index (χ0n) is 10.1. The third-order valence-corrected chi connectivity index (χ3v) is 3.13. The Hall–Kier alpha value is -0.860. The number of aliphatic hydroxyl groups is 1. The van der Waals surface area contributed by atoms with E-state index in [0.29, 0.717) is 12.0 Å². The fraction of sp³-hybridized carbons (Fsp3) is 0.571. The Kier molecular flexibility index (Phi) is 3.62. The second-order valence-corrected chi connectivity index (χ2v) is 5.19. The van der Waals surface area contributed by atoms with E-state index >= 15 is 0 Å². The molecular weight excluding hydrogens is 198 g/mol. The monoisotopic (exact) mass is 219 g/mol. The molecule has 1 saturated heterocycles. The number of benzene rings is 1. The lowest BCUT2D eigenvalue weighted by atomic mass is 9.99. The summed E-state index contributed by atoms with van der Waals surface area (Å²) in [6.45, 7) is 5.20. The molecule has 0 spiro atoms. The highest BCUT2D eigenvalue weighted by Gasteiger charge is 2.22. The van der Waals surface area contributed by atoms with Gasteiger partial charge in [0.2, 0.25) is 0 Å². The van der Waals surface area contributed by atoms with E-state index in [4.69, 9.17) is 0 Å². The van der Waals surface area contributed by atoms with Gasteiger partial charge in [0.05, 0.1) is 6.10 Å². The Morgan fingerprint density at radius 1 is 1.31 bits per heavy atom. The molecule has 2 heteroatoms. The first-order valence-corrected chi connectivity index (χ1v) is 6.15. The third-order valence-electron chi connectivity index (χ3n) is 3.13. The van der Waals surface area contributed by atoms with Crippen molar-refractivity contribution >= 4 is 0 Å². The van der Waals surface area contributed by atoms with E-state index in [1.165, 1.54) is 11.1 Å². The lowest BCUT2D eigenvalue weighted by Gasteiger charge is -2.11. The summed E-state index contributed by atoms with van der Waals surface area (Å²) in [4.78, 5) is 0. The molecule has 2 unspecified atom stereocenters. The predicted octanol–water partition coefficient (Wildman–Crippen LogP) is 2.28. The molecule has 1 aliphatic rings. The van der Waals surface area contributed by atoms with Gasteiger partial charge in [-0.25, -0.2) is 0 Å². The first kappa shape index (κ1) is 11.6. The number of hydrogen-bond acceptors (Lipinski definition) is 2. The van der Waals surface area contributed by atoms with Crippen molar-refractivity contribution in [3.63, 3.8) is 0 Å². The Morgan fingerprint density at radius 3 is 2.50 bits per heavy atom. The number of hydrogen-bond donors (Lipinski definition) is 2. The summed E-state index contributed by atoms with van der Waals surface area (Å²) >= 11 is 0. The molecule has 1 fully saturated rings. The summed E-state index contributed by atoms with van der Waals surface area (Å²) in [6, 6.07) is 9.13. The summed E-state index contributed by atoms with van der Waals surface area (Å²) in [5, 5.41) is 12.8. The molecule has 0 amide bonds. The Bertz CT molecular complexity index is 331. The highest BCUT2D eigenvalue weighted by atomic mass is 16.3. The first-order valence-electron chi connectivity index (χ1n) is 6.15. The van der Waals surface area contributed by atoms with Crippen LogP contribution in [0.4, 0.5) is 0 Å². The van der Waals surface area contributed by atoms with Gasteiger partial charge in [0, 0.05) is 12.6 Å². The topological polar surface area (TPSA) is 32.3 Å². The van der Waals surface area contributed by atoms with Crippen molar-refractivity contribution in [2.24, 2.45) is 5.92 Å². The lowest BCUT2D eigenvalue weighted by molar-refractivity contribution is 0.193. The van der Waals surface area contributed by atoms with E-state index in [-0.39, 0.29) is 6.10 Å². The normalized spacial score (nSPS) is 25.2. The molecule has 0 saturated carbocycles. The molecule has 0 aromatic heterocycles. The SMILES string of the molecule is CC(C)Cc1ccc(C2CC(O)CN2)cc1. The Balaban J connectivity index is 2.02. The molecule has 2 nitrogen and oxygen atoms in total. The van der Waals surface area contributed by atoms with Crippen LogP contribution in [0.1, 0.15) is 37.4 Å². The van der Waals surface area contributed by atoms with Gasteiger partial charge in [-0.2, -0.15) is 0 Å². The second-order valence-electron chi connectivity index (χ2n) is 5.19. The number of aliphatic hydroxyl groups excluding tert-OH is 1. The van der Waals surface area contributed by atoms with Gasteiger partial charge >= 0.3 is 0 Å². The maximum atomic E-state index is 9.47. The highest BCUT2D eigenvalue weighted by molar-refractivity contribution is 5.26. The molecule has 2 atom stereocenters. The number of β-amino-alcohol motifs (C(OH)–C–C–N with tert-alkyl or cyclic N) is 1. The maximum absolute atomic E-state index is 9.47. The van der Waals surface area contributed by atoms with Crippen molar-refractivity contribution in [2.75, 3.05) is 6.54 Å². The van der Waals surface area contributed by atoms with Crippen molar-refractivity contribution in [3.8, 4) is 0 Å². The molecule has 0 bridgehead atoms. The van der Waals surface area contributed by atoms with E-state index in [0.717, 1.165) is 19.4 Å². The molecule has 0 radical (unpaired) electrons. The Labute approximate surface area is 97.7 Å². The van der Waals surface area contributed by atoms with Crippen LogP contribution in [-0.4, -0.2) is 17.8 Å². The van der Waals surface area contributed by atoms with E-state index in [9.17, 15) is 5.11 Å². The zero-order chi connectivity index (χ0) is 11.5. The molecule has 1 aromatic carbocycles. The second kappa shape index (κ2) is 4.98. The summed E-state index contributed by atoms with van der Waals surface area (Å²) in [5.74, 6) is 0.706. The van der Waals surface area contributed by atoms with E-state index in [2.05, 4.69) is 43.4 Å². The molecule has 0 aliphatic carbocycles. The van der Waals surface area contributed by atoms with Gasteiger partial charge in [-0.15, -0.1) is 0 Å². The molecule has 2 rings (SSSR count). The van der Waals surface area contributed by atoms with Crippen LogP contribution in [0.15, 0.2) is 24.3 Å². The minimum absolute atomic E-state index is 0.180. The van der Waals surface area contributed by atoms with E-state index in [1.54, 1.807) is 0 Å². The molecule has 16 heavy (non-hydrogen) atoms. The minimum atomic E-state index is -0.180. The van der Waals surface area contributed by atoms with Crippen molar-refractivity contribution in [1.82, 2.24) is 5.32 Å². The lowest BCUT2D eigenvalue weighted by Crippen LogP contribution is -2.14. The average molecular weight is 219 g/mol. The summed E-state index contributed by atoms with van der Waals surface area (Å²) < 4.78 is 0. The van der Waals surface area contributed by atoms with Crippen LogP contribution in [0.2, 0.25) is 0 Å². The molecule has 2 N–H and O–H groups in total. The van der Waals surface area contributed by atoms with Crippen LogP contribution in [0.3, 0.4) is 0 Å². The van der Waals surface area contributed by atoms with E-state index in [1.807, 2.05) is 0 Å². The van der Waals surface area contributed by atoms with Crippen molar-refractivity contribution in [1.29, 1.82) is 0 Å². The van der Waals surface area contributed by atoms with Crippen molar-refractivity contribution in [3.05, 3.63) is 35.4 Å². The highest BCUT2D eigenvalue weighted by Crippen LogP contribution is 2.23. The minimum Gasteiger partial charge on any atom is -0.392 e. The van der Waals surface area contributed by atoms with Crippen LogP contribution >= 0.6 is 0 Å². The quantitative estimate of drug-likeness (QED) is 0.817. The zero-order valence-corrected chi connectivity index (χ0v) is 10.1. The maximum Gasteiger partial charge on any atom is 0.0682 e. The van der Waals surface area contributed by atoms with Crippen molar-refractivity contribution in [2.45, 2.75) is 38.8 Å². The predicted molar refractivity (Wildman–Crippen MR) is 66.4 cm³/mol. The van der Waals surface area contributed by atoms with Gasteiger partial charge < -0.3 is 10.4 Å². The fourth-order valence-electron chi connectivity index (χ4n) is 2.33. The smallest absolute Gasteiger partial charge is 0.0682 e. The van der Waals surface area contributed by atoms with Crippen LogP contribution in [-0.2, 0) is 6.42 Å². The van der Waals surface area contributed by atoms with Crippen molar-refractivity contribution < 1.29 is 5.11 Å². The van der Waals surface area contributed by atoms with Crippen LogP contribution < -0.4 is 5.32 Å². The van der Waals surface area contributed by atoms with Crippen LogP contribution in [0, 0.1) is 5.92 Å². The Morgan fingerprint density at radius 2 is 2.00 bits per heavy atom. The van der Waals surface area contributed by atoms with Crippen LogP contribution in [0.25, 0.3) is 0 Å². The first-order chi connectivity index (χ1) is 7.65. The van der Waals surface area contributed by atoms with Gasteiger partial charge in [-0.1, -0.05) is 38.1 Å². The largest absolute Gasteiger partial charge is 0.392 e. The number of nitrogens with one attached hydrogen (secondary N) is 1. The van der Waals surface area contributed by atoms with Gasteiger partial charge in [0.25, 0.3) is 0 Å². The van der Waals surface area contributed by atoms with Gasteiger partial charge in [0.1, 0.15) is 0 Å². The fourth-order valence-corrected chi connectivity index (χ4v) is 2.33. The molecule has 88 valence electrons. The molecule has 1 aromatic rings. The molecular formula is C14H21NO. The molecule has 1 aliphatic heterocycles. The molecule has 1 heterocycles. The van der Waals surface area contributed by atoms with Gasteiger partial charge in [-0.05, 0) is 29.9 Å². The average Bonchev–Trinajstić information content (AvgIpc) is 2.65.